The van der Waals surface area contributed by atoms with Crippen LogP contribution in [0.2, 0.25) is 0 Å². The lowest BCUT2D eigenvalue weighted by Crippen LogP contribution is -2.54. The summed E-state index contributed by atoms with van der Waals surface area (Å²) >= 11 is 0. The molecule has 25 heavy (non-hydrogen) atoms. The van der Waals surface area contributed by atoms with Gasteiger partial charge in [-0.05, 0) is 32.1 Å². The fourth-order valence-corrected chi connectivity index (χ4v) is 4.85. The maximum absolute atomic E-state index is 12.1. The molecule has 8 heteroatoms. The first-order chi connectivity index (χ1) is 11.7. The second-order valence-electron chi connectivity index (χ2n) is 7.37. The van der Waals surface area contributed by atoms with Gasteiger partial charge in [-0.2, -0.15) is 0 Å². The van der Waals surface area contributed by atoms with Crippen LogP contribution in [0.15, 0.2) is 0 Å². The summed E-state index contributed by atoms with van der Waals surface area (Å²) in [5.41, 5.74) is -3.49. The van der Waals surface area contributed by atoms with Crippen molar-refractivity contribution in [3.63, 3.8) is 0 Å². The van der Waals surface area contributed by atoms with Crippen LogP contribution < -0.4 is 0 Å². The first-order valence-electron chi connectivity index (χ1n) is 8.60. The molecule has 2 fully saturated rings. The number of hydrogen-bond acceptors (Lipinski definition) is 4. The van der Waals surface area contributed by atoms with Crippen molar-refractivity contribution in [1.82, 2.24) is 0 Å². The number of hydrogen-bond donors (Lipinski definition) is 4. The van der Waals surface area contributed by atoms with E-state index < -0.39 is 53.0 Å². The Hall–Kier alpha value is -2.12. The predicted octanol–water partition coefficient (Wildman–Crippen LogP) is 2.07. The van der Waals surface area contributed by atoms with Crippen LogP contribution in [0.3, 0.4) is 0 Å². The van der Waals surface area contributed by atoms with E-state index in [0.29, 0.717) is 25.7 Å². The third-order valence-electron chi connectivity index (χ3n) is 6.14. The highest BCUT2D eigenvalue weighted by Gasteiger charge is 2.60. The molecule has 2 rings (SSSR count). The van der Waals surface area contributed by atoms with Gasteiger partial charge in [-0.25, -0.2) is 0 Å². The standard InChI is InChI=1S/C17H24O8/c18-12(19)10-5-1-3-7-16(10,14(22)23)9-17(15(24)25)8-4-2-6-11(17)13(20)21/h10-11H,1-9H2,(H,18,19)(H,20,21)(H,22,23)(H,24,25). The Bertz CT molecular complexity index is 535. The topological polar surface area (TPSA) is 149 Å². The quantitative estimate of drug-likeness (QED) is 0.565. The number of rotatable bonds is 6. The minimum Gasteiger partial charge on any atom is -0.481 e. The van der Waals surface area contributed by atoms with Crippen molar-refractivity contribution in [1.29, 1.82) is 0 Å². The molecule has 0 aromatic rings. The van der Waals surface area contributed by atoms with E-state index in [-0.39, 0.29) is 25.7 Å². The van der Waals surface area contributed by atoms with E-state index in [0.717, 1.165) is 0 Å². The van der Waals surface area contributed by atoms with Crippen LogP contribution in [-0.4, -0.2) is 44.3 Å². The van der Waals surface area contributed by atoms with Crippen LogP contribution >= 0.6 is 0 Å². The zero-order chi connectivity index (χ0) is 18.8. The van der Waals surface area contributed by atoms with Crippen LogP contribution in [0.5, 0.6) is 0 Å². The summed E-state index contributed by atoms with van der Waals surface area (Å²) in [6.07, 6.45) is 2.10. The molecule has 0 aliphatic heterocycles. The van der Waals surface area contributed by atoms with Crippen LogP contribution in [-0.2, 0) is 19.2 Å². The van der Waals surface area contributed by atoms with Gasteiger partial charge in [0.2, 0.25) is 0 Å². The molecule has 140 valence electrons. The van der Waals surface area contributed by atoms with Crippen molar-refractivity contribution in [3.8, 4) is 0 Å². The van der Waals surface area contributed by atoms with Crippen molar-refractivity contribution in [2.75, 3.05) is 0 Å². The Morgan fingerprint density at radius 3 is 1.32 bits per heavy atom. The van der Waals surface area contributed by atoms with Crippen molar-refractivity contribution < 1.29 is 39.6 Å². The second kappa shape index (κ2) is 7.01. The minimum absolute atomic E-state index is 0.0562. The molecular weight excluding hydrogens is 332 g/mol. The summed E-state index contributed by atoms with van der Waals surface area (Å²) in [6, 6.07) is 0. The SMILES string of the molecule is O=C(O)C1CCCCC1(CC1(C(=O)O)CCCCC1C(=O)O)C(=O)O. The molecule has 0 aromatic heterocycles. The summed E-state index contributed by atoms with van der Waals surface area (Å²) in [6.45, 7) is 0. The number of carboxylic acids is 4. The molecule has 0 radical (unpaired) electrons. The van der Waals surface area contributed by atoms with Crippen LogP contribution in [0.4, 0.5) is 0 Å². The molecule has 2 aliphatic rings. The highest BCUT2D eigenvalue weighted by atomic mass is 16.4. The minimum atomic E-state index is -1.74. The van der Waals surface area contributed by atoms with Crippen molar-refractivity contribution in [2.45, 2.75) is 57.8 Å². The highest BCUT2D eigenvalue weighted by Crippen LogP contribution is 2.55. The average Bonchev–Trinajstić information content (AvgIpc) is 2.54. The van der Waals surface area contributed by atoms with Crippen molar-refractivity contribution in [3.05, 3.63) is 0 Å². The first kappa shape index (κ1) is 19.2. The largest absolute Gasteiger partial charge is 0.481 e. The molecule has 0 bridgehead atoms. The van der Waals surface area contributed by atoms with Crippen LogP contribution in [0, 0.1) is 22.7 Å². The maximum atomic E-state index is 12.1. The second-order valence-corrected chi connectivity index (χ2v) is 7.37. The molecule has 4 atom stereocenters. The Morgan fingerprint density at radius 1 is 0.680 bits per heavy atom. The van der Waals surface area contributed by atoms with Gasteiger partial charge in [0, 0.05) is 0 Å². The van der Waals surface area contributed by atoms with E-state index in [1.165, 1.54) is 0 Å². The third-order valence-corrected chi connectivity index (χ3v) is 6.14. The van der Waals surface area contributed by atoms with E-state index in [2.05, 4.69) is 0 Å². The van der Waals surface area contributed by atoms with Crippen molar-refractivity contribution in [2.24, 2.45) is 22.7 Å². The molecule has 2 aliphatic carbocycles. The van der Waals surface area contributed by atoms with Crippen LogP contribution in [0.1, 0.15) is 57.8 Å². The normalized spacial score (nSPS) is 35.7. The molecule has 2 saturated carbocycles. The Balaban J connectivity index is 2.53. The van der Waals surface area contributed by atoms with E-state index in [1.807, 2.05) is 0 Å². The van der Waals surface area contributed by atoms with Gasteiger partial charge in [0.25, 0.3) is 0 Å². The Kier molecular flexibility index (Phi) is 5.39. The lowest BCUT2D eigenvalue weighted by molar-refractivity contribution is -0.181. The zero-order valence-corrected chi connectivity index (χ0v) is 13.9. The van der Waals surface area contributed by atoms with Gasteiger partial charge >= 0.3 is 23.9 Å². The Morgan fingerprint density at radius 2 is 1.04 bits per heavy atom. The third kappa shape index (κ3) is 3.21. The van der Waals surface area contributed by atoms with Gasteiger partial charge in [0.05, 0.1) is 22.7 Å². The van der Waals surface area contributed by atoms with E-state index in [1.54, 1.807) is 0 Å². The van der Waals surface area contributed by atoms with Gasteiger partial charge in [0.1, 0.15) is 0 Å². The van der Waals surface area contributed by atoms with Gasteiger partial charge in [-0.15, -0.1) is 0 Å². The number of carbonyl (C=O) groups is 4. The maximum Gasteiger partial charge on any atom is 0.310 e. The molecule has 0 aromatic carbocycles. The monoisotopic (exact) mass is 356 g/mol. The molecule has 8 nitrogen and oxygen atoms in total. The van der Waals surface area contributed by atoms with E-state index in [9.17, 15) is 39.6 Å². The fourth-order valence-electron chi connectivity index (χ4n) is 4.85. The van der Waals surface area contributed by atoms with Gasteiger partial charge in [-0.3, -0.25) is 19.2 Å². The lowest BCUT2D eigenvalue weighted by atomic mass is 9.53. The molecule has 0 saturated heterocycles. The van der Waals surface area contributed by atoms with Crippen molar-refractivity contribution >= 4 is 23.9 Å². The summed E-state index contributed by atoms with van der Waals surface area (Å²) in [4.78, 5) is 47.6. The van der Waals surface area contributed by atoms with Crippen LogP contribution in [0.25, 0.3) is 0 Å². The molecule has 0 spiro atoms. The molecule has 0 amide bonds. The average molecular weight is 356 g/mol. The van der Waals surface area contributed by atoms with Gasteiger partial charge < -0.3 is 20.4 Å². The number of aliphatic carboxylic acids is 4. The summed E-state index contributed by atoms with van der Waals surface area (Å²) in [5.74, 6) is -7.60. The summed E-state index contributed by atoms with van der Waals surface area (Å²) in [7, 11) is 0. The lowest BCUT2D eigenvalue weighted by Gasteiger charge is -2.47. The summed E-state index contributed by atoms with van der Waals surface area (Å²) < 4.78 is 0. The molecule has 0 heterocycles. The van der Waals surface area contributed by atoms with Gasteiger partial charge in [-0.1, -0.05) is 25.7 Å². The smallest absolute Gasteiger partial charge is 0.310 e. The number of carboxylic acid groups (broad SMARTS) is 4. The zero-order valence-electron chi connectivity index (χ0n) is 13.9. The van der Waals surface area contributed by atoms with E-state index in [4.69, 9.17) is 0 Å². The van der Waals surface area contributed by atoms with E-state index >= 15 is 0 Å². The predicted molar refractivity (Wildman–Crippen MR) is 83.9 cm³/mol. The molecular formula is C17H24O8. The summed E-state index contributed by atoms with van der Waals surface area (Å²) in [5, 5.41) is 38.8. The highest BCUT2D eigenvalue weighted by molar-refractivity contribution is 5.87. The molecule has 4 N–H and O–H groups in total. The molecule has 4 unspecified atom stereocenters. The Labute approximate surface area is 144 Å². The first-order valence-corrected chi connectivity index (χ1v) is 8.60. The fraction of sp³-hybridized carbons (Fsp3) is 0.765. The van der Waals surface area contributed by atoms with Gasteiger partial charge in [0.15, 0.2) is 0 Å².